The molecular formula is C12H22Ca4O13. The minimum Gasteiger partial charge on any atom is -1.00 e. The average molecular weight is 535 g/mol. The van der Waals surface area contributed by atoms with Crippen LogP contribution < -0.4 is 0 Å². The number of carboxylic acid groups (broad SMARTS) is 5. The van der Waals surface area contributed by atoms with E-state index in [1.165, 1.54) is 0 Å². The van der Waals surface area contributed by atoms with Crippen LogP contribution in [0.3, 0.4) is 0 Å². The van der Waals surface area contributed by atoms with Crippen LogP contribution in [0.5, 0.6) is 0 Å². The van der Waals surface area contributed by atoms with E-state index in [1.54, 1.807) is 0 Å². The number of carbonyl (C=O) groups excluding carboxylic acids is 1. The van der Waals surface area contributed by atoms with Crippen LogP contribution in [0.4, 0.5) is 0 Å². The summed E-state index contributed by atoms with van der Waals surface area (Å²) < 4.78 is 4.33. The standard InChI is InChI=1S/C12H14O13.4Ca.8H/c13-5(14)1-11(24,9(20)21)4-8(19)25-12(10(22)23,2-6(15)16)3-7(17)18;;;;;;;;;;;;/h24H,1-4H2,(H,13,14)(H,15,16)(H,17,18)(H,20,21)(H,22,23);;;;;;;;;;;;/q;4*+2;8*-1. The van der Waals surface area contributed by atoms with E-state index in [-0.39, 0.29) is 162 Å². The molecule has 0 spiro atoms. The van der Waals surface area contributed by atoms with Crippen LogP contribution in [-0.2, 0) is 33.5 Å². The van der Waals surface area contributed by atoms with Crippen LogP contribution in [0, 0.1) is 0 Å². The quantitative estimate of drug-likeness (QED) is 0.118. The predicted octanol–water partition coefficient (Wildman–Crippen LogP) is -2.64. The molecule has 13 nitrogen and oxygen atoms in total. The number of aliphatic hydroxyl groups is 1. The minimum atomic E-state index is -3.17. The number of hydrogen-bond donors (Lipinski definition) is 6. The van der Waals surface area contributed by atoms with Gasteiger partial charge in [0.05, 0.1) is 25.7 Å². The molecule has 0 saturated carbocycles. The molecule has 0 aliphatic rings. The molecule has 0 aliphatic heterocycles. The fourth-order valence-electron chi connectivity index (χ4n) is 1.77. The van der Waals surface area contributed by atoms with Crippen LogP contribution in [0.2, 0.25) is 0 Å². The largest absolute Gasteiger partial charge is 2.00 e. The van der Waals surface area contributed by atoms with Gasteiger partial charge in [0, 0.05) is 0 Å². The van der Waals surface area contributed by atoms with Crippen LogP contribution in [0.15, 0.2) is 0 Å². The molecule has 0 radical (unpaired) electrons. The van der Waals surface area contributed by atoms with Gasteiger partial charge in [-0.3, -0.25) is 19.2 Å². The molecule has 1 unspecified atom stereocenters. The Balaban J connectivity index is -0.0000000436. The van der Waals surface area contributed by atoms with E-state index in [9.17, 15) is 33.9 Å². The van der Waals surface area contributed by atoms with Crippen molar-refractivity contribution < 1.29 is 75.6 Å². The normalized spacial score (nSPS) is 11.5. The third-order valence-electron chi connectivity index (χ3n) is 2.85. The van der Waals surface area contributed by atoms with Gasteiger partial charge in [-0.15, -0.1) is 0 Å². The smallest absolute Gasteiger partial charge is 1.00 e. The summed E-state index contributed by atoms with van der Waals surface area (Å²) in [6, 6.07) is 0. The molecule has 29 heavy (non-hydrogen) atoms. The van der Waals surface area contributed by atoms with Gasteiger partial charge in [-0.1, -0.05) is 0 Å². The van der Waals surface area contributed by atoms with Crippen LogP contribution in [0.25, 0.3) is 0 Å². The Hall–Kier alpha value is 1.82. The van der Waals surface area contributed by atoms with Crippen LogP contribution in [0.1, 0.15) is 37.1 Å². The number of carboxylic acids is 5. The molecule has 0 fully saturated rings. The number of carbonyl (C=O) groups is 6. The first-order chi connectivity index (χ1) is 11.2. The summed E-state index contributed by atoms with van der Waals surface area (Å²) in [5.41, 5.74) is -6.24. The number of aliphatic carboxylic acids is 5. The summed E-state index contributed by atoms with van der Waals surface area (Å²) in [5.74, 6) is -11.6. The van der Waals surface area contributed by atoms with Gasteiger partial charge in [-0.05, 0) is 0 Å². The molecule has 17 heteroatoms. The third kappa shape index (κ3) is 15.3. The molecule has 0 aromatic carbocycles. The fraction of sp³-hybridized carbons (Fsp3) is 0.500. The van der Waals surface area contributed by atoms with E-state index in [0.29, 0.717) is 0 Å². The summed E-state index contributed by atoms with van der Waals surface area (Å²) in [4.78, 5) is 66.0. The zero-order valence-electron chi connectivity index (χ0n) is 23.2. The van der Waals surface area contributed by atoms with Gasteiger partial charge < -0.3 is 46.8 Å². The molecule has 0 aromatic rings. The Bertz CT molecular complexity index is 635. The number of rotatable bonds is 11. The van der Waals surface area contributed by atoms with E-state index in [4.69, 9.17) is 25.5 Å². The second-order valence-electron chi connectivity index (χ2n) is 5.00. The number of ether oxygens (including phenoxy) is 1. The van der Waals surface area contributed by atoms with E-state index < -0.39 is 72.7 Å². The van der Waals surface area contributed by atoms with Crippen molar-refractivity contribution >= 4 is 187 Å². The Kier molecular flexibility index (Phi) is 25.9. The average Bonchev–Trinajstić information content (AvgIpc) is 2.34. The van der Waals surface area contributed by atoms with Crippen molar-refractivity contribution in [3.05, 3.63) is 0 Å². The van der Waals surface area contributed by atoms with Crippen molar-refractivity contribution in [1.82, 2.24) is 0 Å². The fourth-order valence-corrected chi connectivity index (χ4v) is 1.77. The maximum absolute atomic E-state index is 11.7. The topological polar surface area (TPSA) is 233 Å². The van der Waals surface area contributed by atoms with Crippen LogP contribution >= 0.6 is 0 Å². The molecular weight excluding hydrogens is 512 g/mol. The van der Waals surface area contributed by atoms with E-state index >= 15 is 0 Å². The SMILES string of the molecule is O=C(O)CC(O)(CC(=O)OC(CC(=O)O)(CC(=O)O)C(=O)O)C(=O)O.[Ca+2].[Ca+2].[Ca+2].[Ca+2].[H-].[H-].[H-].[H-].[H-].[H-].[H-].[H-]. The molecule has 0 amide bonds. The van der Waals surface area contributed by atoms with E-state index in [0.717, 1.165) is 0 Å². The molecule has 0 aliphatic carbocycles. The van der Waals surface area contributed by atoms with Crippen molar-refractivity contribution in [3.8, 4) is 0 Å². The first kappa shape index (κ1) is 41.1. The summed E-state index contributed by atoms with van der Waals surface area (Å²) in [7, 11) is 0. The van der Waals surface area contributed by atoms with Crippen molar-refractivity contribution in [1.29, 1.82) is 0 Å². The first-order valence-corrected chi connectivity index (χ1v) is 6.30. The Morgan fingerprint density at radius 1 is 0.621 bits per heavy atom. The molecule has 0 bridgehead atoms. The summed E-state index contributed by atoms with van der Waals surface area (Å²) in [6.45, 7) is 0. The van der Waals surface area contributed by atoms with Crippen molar-refractivity contribution in [2.45, 2.75) is 36.9 Å². The van der Waals surface area contributed by atoms with Gasteiger partial charge in [0.2, 0.25) is 5.60 Å². The molecule has 1 atom stereocenters. The van der Waals surface area contributed by atoms with Gasteiger partial charge in [-0.2, -0.15) is 0 Å². The monoisotopic (exact) mass is 534 g/mol. The van der Waals surface area contributed by atoms with Gasteiger partial charge in [-0.25, -0.2) is 9.59 Å². The van der Waals surface area contributed by atoms with Gasteiger partial charge in [0.25, 0.3) is 0 Å². The molecule has 0 aromatic heterocycles. The van der Waals surface area contributed by atoms with E-state index in [2.05, 4.69) is 4.74 Å². The Labute approximate surface area is 294 Å². The molecule has 6 N–H and O–H groups in total. The molecule has 0 heterocycles. The number of hydrogen-bond acceptors (Lipinski definition) is 8. The van der Waals surface area contributed by atoms with Crippen LogP contribution in [-0.4, -0.2) is 229 Å². The van der Waals surface area contributed by atoms with Crippen molar-refractivity contribution in [3.63, 3.8) is 0 Å². The second kappa shape index (κ2) is 18.3. The predicted molar refractivity (Wildman–Crippen MR) is 102 cm³/mol. The molecule has 0 rings (SSSR count). The Morgan fingerprint density at radius 3 is 1.21 bits per heavy atom. The maximum atomic E-state index is 11.7. The van der Waals surface area contributed by atoms with Crippen molar-refractivity contribution in [2.75, 3.05) is 0 Å². The van der Waals surface area contributed by atoms with Gasteiger partial charge in [0.1, 0.15) is 0 Å². The summed E-state index contributed by atoms with van der Waals surface area (Å²) in [5, 5.41) is 53.5. The van der Waals surface area contributed by atoms with Crippen molar-refractivity contribution in [2.24, 2.45) is 0 Å². The first-order valence-electron chi connectivity index (χ1n) is 6.30. The Morgan fingerprint density at radius 2 is 0.966 bits per heavy atom. The van der Waals surface area contributed by atoms with Gasteiger partial charge in [0.15, 0.2) is 5.60 Å². The molecule has 156 valence electrons. The zero-order valence-corrected chi connectivity index (χ0v) is 24.0. The van der Waals surface area contributed by atoms with E-state index in [1.807, 2.05) is 0 Å². The summed E-state index contributed by atoms with van der Waals surface area (Å²) in [6.07, 6.45) is -5.94. The second-order valence-corrected chi connectivity index (χ2v) is 5.00. The minimum absolute atomic E-state index is 0. The third-order valence-corrected chi connectivity index (χ3v) is 2.85. The molecule has 0 saturated heterocycles. The van der Waals surface area contributed by atoms with Gasteiger partial charge >= 0.3 is 187 Å². The summed E-state index contributed by atoms with van der Waals surface area (Å²) >= 11 is 0. The number of esters is 1. The zero-order chi connectivity index (χ0) is 20.0. The maximum Gasteiger partial charge on any atom is 2.00 e.